The largest absolute Gasteiger partial charge is 0.467 e. The van der Waals surface area contributed by atoms with Gasteiger partial charge in [-0.05, 0) is 37.3 Å². The second-order valence-electron chi connectivity index (χ2n) is 5.60. The van der Waals surface area contributed by atoms with E-state index in [9.17, 15) is 22.4 Å². The van der Waals surface area contributed by atoms with Crippen LogP contribution in [0.5, 0.6) is 0 Å². The van der Waals surface area contributed by atoms with Crippen LogP contribution in [0, 0.1) is 30.2 Å². The molecule has 0 unspecified atom stereocenters. The van der Waals surface area contributed by atoms with Gasteiger partial charge in [0.2, 0.25) is 0 Å². The summed E-state index contributed by atoms with van der Waals surface area (Å²) in [6.07, 6.45) is 1.41. The van der Waals surface area contributed by atoms with Gasteiger partial charge >= 0.3 is 0 Å². The number of halogens is 4. The number of nitrogens with zero attached hydrogens (tertiary/aromatic N) is 1. The second-order valence-corrected chi connectivity index (χ2v) is 6.97. The minimum Gasteiger partial charge on any atom is -0.467 e. The van der Waals surface area contributed by atoms with E-state index in [2.05, 4.69) is 0 Å². The summed E-state index contributed by atoms with van der Waals surface area (Å²) < 4.78 is 59.4. The van der Waals surface area contributed by atoms with Crippen molar-refractivity contribution in [1.29, 1.82) is 0 Å². The standard InChI is InChI=1S/C18H13F4NO2S/c1-10-4-5-12(26-10)9-23(8-11-3-2-6-25-11)18(24)13-7-14(19)16(21)17(22)15(13)20/h2-7H,8-9H2,1H3. The predicted molar refractivity (Wildman–Crippen MR) is 87.6 cm³/mol. The summed E-state index contributed by atoms with van der Waals surface area (Å²) in [6.45, 7) is 1.93. The van der Waals surface area contributed by atoms with Gasteiger partial charge in [0.1, 0.15) is 5.76 Å². The Morgan fingerprint density at radius 2 is 1.85 bits per heavy atom. The van der Waals surface area contributed by atoms with Crippen LogP contribution in [0.1, 0.15) is 25.9 Å². The SMILES string of the molecule is Cc1ccc(CN(Cc2ccco2)C(=O)c2cc(F)c(F)c(F)c2F)s1. The second kappa shape index (κ2) is 7.33. The zero-order chi connectivity index (χ0) is 18.8. The number of rotatable bonds is 5. The van der Waals surface area contributed by atoms with Gasteiger partial charge in [-0.3, -0.25) is 4.79 Å². The zero-order valence-corrected chi connectivity index (χ0v) is 14.4. The Hall–Kier alpha value is -2.61. The summed E-state index contributed by atoms with van der Waals surface area (Å²) in [5.74, 6) is -7.88. The molecule has 0 fully saturated rings. The Morgan fingerprint density at radius 3 is 2.46 bits per heavy atom. The van der Waals surface area contributed by atoms with Gasteiger partial charge in [0, 0.05) is 9.75 Å². The molecule has 0 N–H and O–H groups in total. The van der Waals surface area contributed by atoms with Crippen LogP contribution in [0.4, 0.5) is 17.6 Å². The molecule has 0 atom stereocenters. The average Bonchev–Trinajstić information content (AvgIpc) is 3.27. The summed E-state index contributed by atoms with van der Waals surface area (Å²) in [6, 6.07) is 7.25. The number of carbonyl (C=O) groups excluding carboxylic acids is 1. The van der Waals surface area contributed by atoms with Crippen LogP contribution >= 0.6 is 11.3 Å². The normalized spacial score (nSPS) is 11.0. The van der Waals surface area contributed by atoms with Crippen molar-refractivity contribution in [3.8, 4) is 0 Å². The molecule has 0 radical (unpaired) electrons. The van der Waals surface area contributed by atoms with E-state index in [1.54, 1.807) is 18.2 Å². The van der Waals surface area contributed by atoms with E-state index in [1.165, 1.54) is 22.5 Å². The molecule has 0 saturated heterocycles. The number of furan rings is 1. The molecule has 1 aromatic carbocycles. The Labute approximate surface area is 150 Å². The van der Waals surface area contributed by atoms with Crippen molar-refractivity contribution in [2.45, 2.75) is 20.0 Å². The first-order chi connectivity index (χ1) is 12.4. The fourth-order valence-corrected chi connectivity index (χ4v) is 3.35. The van der Waals surface area contributed by atoms with Gasteiger partial charge in [0.25, 0.3) is 5.91 Å². The third kappa shape index (κ3) is 3.65. The predicted octanol–water partition coefficient (Wildman–Crippen LogP) is 5.05. The third-order valence-corrected chi connectivity index (χ3v) is 4.68. The molecule has 0 bridgehead atoms. The van der Waals surface area contributed by atoms with Crippen molar-refractivity contribution in [3.05, 3.63) is 80.9 Å². The van der Waals surface area contributed by atoms with E-state index in [1.807, 2.05) is 13.0 Å². The zero-order valence-electron chi connectivity index (χ0n) is 13.6. The van der Waals surface area contributed by atoms with Gasteiger partial charge in [0.15, 0.2) is 23.3 Å². The number of carbonyl (C=O) groups is 1. The van der Waals surface area contributed by atoms with E-state index < -0.39 is 34.7 Å². The third-order valence-electron chi connectivity index (χ3n) is 3.69. The number of hydrogen-bond acceptors (Lipinski definition) is 3. The highest BCUT2D eigenvalue weighted by atomic mass is 32.1. The van der Waals surface area contributed by atoms with Crippen LogP contribution in [0.15, 0.2) is 41.0 Å². The molecule has 26 heavy (non-hydrogen) atoms. The lowest BCUT2D eigenvalue weighted by Gasteiger charge is -2.21. The summed E-state index contributed by atoms with van der Waals surface area (Å²) in [5, 5.41) is 0. The quantitative estimate of drug-likeness (QED) is 0.351. The lowest BCUT2D eigenvalue weighted by atomic mass is 10.1. The van der Waals surface area contributed by atoms with E-state index in [0.717, 1.165) is 9.75 Å². The van der Waals surface area contributed by atoms with Crippen molar-refractivity contribution in [3.63, 3.8) is 0 Å². The molecule has 1 amide bonds. The van der Waals surface area contributed by atoms with Crippen LogP contribution in [0.25, 0.3) is 0 Å². The first-order valence-corrected chi connectivity index (χ1v) is 8.38. The molecule has 0 aliphatic rings. The average molecular weight is 383 g/mol. The Kier molecular flexibility index (Phi) is 5.13. The summed E-state index contributed by atoms with van der Waals surface area (Å²) >= 11 is 1.43. The van der Waals surface area contributed by atoms with Crippen molar-refractivity contribution >= 4 is 17.2 Å². The topological polar surface area (TPSA) is 33.5 Å². The number of amides is 1. The van der Waals surface area contributed by atoms with Gasteiger partial charge in [-0.2, -0.15) is 0 Å². The minimum atomic E-state index is -2.02. The number of thiophene rings is 1. The van der Waals surface area contributed by atoms with E-state index in [-0.39, 0.29) is 13.1 Å². The fourth-order valence-electron chi connectivity index (χ4n) is 2.45. The molecule has 3 aromatic rings. The maximum absolute atomic E-state index is 14.0. The highest BCUT2D eigenvalue weighted by Crippen LogP contribution is 2.24. The van der Waals surface area contributed by atoms with Crippen LogP contribution in [-0.4, -0.2) is 10.8 Å². The van der Waals surface area contributed by atoms with E-state index >= 15 is 0 Å². The Balaban J connectivity index is 1.96. The summed E-state index contributed by atoms with van der Waals surface area (Å²) in [7, 11) is 0. The molecule has 0 spiro atoms. The number of aryl methyl sites for hydroxylation is 1. The van der Waals surface area contributed by atoms with E-state index in [4.69, 9.17) is 4.42 Å². The highest BCUT2D eigenvalue weighted by molar-refractivity contribution is 7.11. The highest BCUT2D eigenvalue weighted by Gasteiger charge is 2.27. The first kappa shape index (κ1) is 18.2. The molecule has 8 heteroatoms. The molecular weight excluding hydrogens is 370 g/mol. The van der Waals surface area contributed by atoms with E-state index in [0.29, 0.717) is 11.8 Å². The summed E-state index contributed by atoms with van der Waals surface area (Å²) in [4.78, 5) is 15.7. The molecule has 136 valence electrons. The minimum absolute atomic E-state index is 0.0389. The number of hydrogen-bond donors (Lipinski definition) is 0. The van der Waals surface area contributed by atoms with Gasteiger partial charge in [0.05, 0.1) is 24.9 Å². The first-order valence-electron chi connectivity index (χ1n) is 7.56. The van der Waals surface area contributed by atoms with Gasteiger partial charge in [-0.15, -0.1) is 11.3 Å². The van der Waals surface area contributed by atoms with Crippen molar-refractivity contribution in [1.82, 2.24) is 4.90 Å². The molecule has 0 aliphatic heterocycles. The van der Waals surface area contributed by atoms with Gasteiger partial charge in [-0.1, -0.05) is 0 Å². The maximum atomic E-state index is 14.0. The van der Waals surface area contributed by atoms with Crippen LogP contribution < -0.4 is 0 Å². The maximum Gasteiger partial charge on any atom is 0.257 e. The van der Waals surface area contributed by atoms with Gasteiger partial charge in [-0.25, -0.2) is 17.6 Å². The fraction of sp³-hybridized carbons (Fsp3) is 0.167. The lowest BCUT2D eigenvalue weighted by Crippen LogP contribution is -2.31. The van der Waals surface area contributed by atoms with Crippen molar-refractivity contribution in [2.75, 3.05) is 0 Å². The van der Waals surface area contributed by atoms with Gasteiger partial charge < -0.3 is 9.32 Å². The van der Waals surface area contributed by atoms with Crippen LogP contribution in [0.3, 0.4) is 0 Å². The molecule has 3 rings (SSSR count). The lowest BCUT2D eigenvalue weighted by molar-refractivity contribution is 0.0712. The number of benzene rings is 1. The monoisotopic (exact) mass is 383 g/mol. The molecule has 2 heterocycles. The molecule has 0 aliphatic carbocycles. The van der Waals surface area contributed by atoms with Crippen molar-refractivity contribution in [2.24, 2.45) is 0 Å². The van der Waals surface area contributed by atoms with Crippen LogP contribution in [-0.2, 0) is 13.1 Å². The molecular formula is C18H13F4NO2S. The summed E-state index contributed by atoms with van der Waals surface area (Å²) in [5.41, 5.74) is -0.874. The smallest absolute Gasteiger partial charge is 0.257 e. The molecule has 3 nitrogen and oxygen atoms in total. The van der Waals surface area contributed by atoms with Crippen LogP contribution in [0.2, 0.25) is 0 Å². The molecule has 2 aromatic heterocycles. The Bertz CT molecular complexity index is 937. The Morgan fingerprint density at radius 1 is 1.08 bits per heavy atom. The van der Waals surface area contributed by atoms with Crippen molar-refractivity contribution < 1.29 is 26.8 Å². The molecule has 0 saturated carbocycles.